The van der Waals surface area contributed by atoms with Crippen molar-refractivity contribution in [1.82, 2.24) is 4.98 Å². The number of ether oxygens (including phenoxy) is 3. The number of rotatable bonds is 5. The molecule has 5 nitrogen and oxygen atoms in total. The van der Waals surface area contributed by atoms with Crippen molar-refractivity contribution in [3.63, 3.8) is 0 Å². The Morgan fingerprint density at radius 1 is 1.44 bits per heavy atom. The molecule has 1 aliphatic rings. The van der Waals surface area contributed by atoms with Crippen LogP contribution in [0.1, 0.15) is 24.4 Å². The second-order valence-electron chi connectivity index (χ2n) is 4.42. The average molecular weight is 252 g/mol. The lowest BCUT2D eigenvalue weighted by Gasteiger charge is -2.22. The smallest absolute Gasteiger partial charge is 0.213 e. The summed E-state index contributed by atoms with van der Waals surface area (Å²) in [6, 6.07) is 3.66. The van der Waals surface area contributed by atoms with Gasteiger partial charge in [0.15, 0.2) is 0 Å². The van der Waals surface area contributed by atoms with Crippen molar-refractivity contribution in [1.29, 1.82) is 0 Å². The first kappa shape index (κ1) is 13.3. The Morgan fingerprint density at radius 3 is 2.83 bits per heavy atom. The van der Waals surface area contributed by atoms with E-state index in [4.69, 9.17) is 19.9 Å². The zero-order valence-electron chi connectivity index (χ0n) is 10.7. The zero-order chi connectivity index (χ0) is 12.8. The van der Waals surface area contributed by atoms with Crippen molar-refractivity contribution < 1.29 is 14.2 Å². The van der Waals surface area contributed by atoms with Gasteiger partial charge < -0.3 is 19.9 Å². The van der Waals surface area contributed by atoms with Gasteiger partial charge in [-0.15, -0.1) is 0 Å². The van der Waals surface area contributed by atoms with Crippen LogP contribution in [0.25, 0.3) is 0 Å². The van der Waals surface area contributed by atoms with E-state index < -0.39 is 0 Å². The Hall–Kier alpha value is -1.17. The Kier molecular flexibility index (Phi) is 4.92. The van der Waals surface area contributed by atoms with Crippen LogP contribution in [0, 0.1) is 0 Å². The number of methoxy groups -OCH3 is 1. The van der Waals surface area contributed by atoms with E-state index in [0.29, 0.717) is 12.5 Å². The molecule has 1 atom stereocenters. The lowest BCUT2D eigenvalue weighted by Crippen LogP contribution is -2.26. The molecule has 5 heteroatoms. The van der Waals surface area contributed by atoms with Crippen LogP contribution in [-0.4, -0.2) is 38.0 Å². The summed E-state index contributed by atoms with van der Waals surface area (Å²) in [5.41, 5.74) is 6.87. The molecule has 0 aliphatic carbocycles. The highest BCUT2D eigenvalue weighted by Crippen LogP contribution is 2.17. The molecule has 2 heterocycles. The molecule has 2 N–H and O–H groups in total. The summed E-state index contributed by atoms with van der Waals surface area (Å²) < 4.78 is 16.1. The number of pyridine rings is 1. The van der Waals surface area contributed by atoms with E-state index in [2.05, 4.69) is 4.98 Å². The predicted molar refractivity (Wildman–Crippen MR) is 67.5 cm³/mol. The lowest BCUT2D eigenvalue weighted by molar-refractivity contribution is 0.0237. The highest BCUT2D eigenvalue weighted by Gasteiger charge is 2.16. The molecule has 0 bridgehead atoms. The maximum atomic E-state index is 5.92. The molecule has 1 fully saturated rings. The molecule has 1 aromatic heterocycles. The quantitative estimate of drug-likeness (QED) is 0.855. The minimum atomic E-state index is -0.139. The van der Waals surface area contributed by atoms with Crippen LogP contribution in [-0.2, 0) is 9.47 Å². The van der Waals surface area contributed by atoms with Crippen LogP contribution in [0.3, 0.4) is 0 Å². The molecule has 2 rings (SSSR count). The van der Waals surface area contributed by atoms with Crippen molar-refractivity contribution in [2.75, 3.05) is 26.9 Å². The topological polar surface area (TPSA) is 66.6 Å². The summed E-state index contributed by atoms with van der Waals surface area (Å²) >= 11 is 0. The number of nitrogens with zero attached hydrogens (tertiary/aromatic N) is 1. The van der Waals surface area contributed by atoms with Gasteiger partial charge in [0.25, 0.3) is 0 Å². The van der Waals surface area contributed by atoms with Gasteiger partial charge in [0.05, 0.1) is 25.9 Å². The molecular formula is C13H20N2O3. The SMILES string of the molecule is COC[C@H](N)c1ccc(OC2CCOCC2)nc1. The predicted octanol–water partition coefficient (Wildman–Crippen LogP) is 1.29. The molecule has 0 amide bonds. The van der Waals surface area contributed by atoms with Crippen molar-refractivity contribution in [2.45, 2.75) is 25.0 Å². The minimum absolute atomic E-state index is 0.139. The maximum absolute atomic E-state index is 5.92. The molecule has 18 heavy (non-hydrogen) atoms. The Labute approximate surface area is 107 Å². The fourth-order valence-corrected chi connectivity index (χ4v) is 1.92. The lowest BCUT2D eigenvalue weighted by atomic mass is 10.1. The highest BCUT2D eigenvalue weighted by molar-refractivity contribution is 5.20. The Balaban J connectivity index is 1.90. The second-order valence-corrected chi connectivity index (χ2v) is 4.42. The van der Waals surface area contributed by atoms with Gasteiger partial charge in [-0.25, -0.2) is 4.98 Å². The number of aromatic nitrogens is 1. The summed E-state index contributed by atoms with van der Waals surface area (Å²) in [6.07, 6.45) is 3.81. The van der Waals surface area contributed by atoms with Crippen LogP contribution in [0.4, 0.5) is 0 Å². The van der Waals surface area contributed by atoms with E-state index in [1.807, 2.05) is 12.1 Å². The summed E-state index contributed by atoms with van der Waals surface area (Å²) in [5, 5.41) is 0. The normalized spacial score (nSPS) is 18.6. The molecule has 1 saturated heterocycles. The summed E-state index contributed by atoms with van der Waals surface area (Å²) in [7, 11) is 1.63. The van der Waals surface area contributed by atoms with Gasteiger partial charge in [-0.3, -0.25) is 0 Å². The molecule has 0 aromatic carbocycles. The van der Waals surface area contributed by atoms with E-state index >= 15 is 0 Å². The van der Waals surface area contributed by atoms with Gasteiger partial charge >= 0.3 is 0 Å². The van der Waals surface area contributed by atoms with Gasteiger partial charge in [0.1, 0.15) is 6.10 Å². The fourth-order valence-electron chi connectivity index (χ4n) is 1.92. The van der Waals surface area contributed by atoms with E-state index in [0.717, 1.165) is 31.6 Å². The third-order valence-electron chi connectivity index (χ3n) is 2.99. The first-order valence-electron chi connectivity index (χ1n) is 6.24. The van der Waals surface area contributed by atoms with Gasteiger partial charge in [-0.2, -0.15) is 0 Å². The number of hydrogen-bond acceptors (Lipinski definition) is 5. The van der Waals surface area contributed by atoms with Crippen molar-refractivity contribution in [3.05, 3.63) is 23.9 Å². The van der Waals surface area contributed by atoms with E-state index in [1.165, 1.54) is 0 Å². The maximum Gasteiger partial charge on any atom is 0.213 e. The minimum Gasteiger partial charge on any atom is -0.474 e. The van der Waals surface area contributed by atoms with E-state index in [1.54, 1.807) is 13.3 Å². The molecule has 0 radical (unpaired) electrons. The van der Waals surface area contributed by atoms with Crippen LogP contribution in [0.15, 0.2) is 18.3 Å². The largest absolute Gasteiger partial charge is 0.474 e. The Morgan fingerprint density at radius 2 is 2.22 bits per heavy atom. The number of nitrogens with two attached hydrogens (primary N) is 1. The fraction of sp³-hybridized carbons (Fsp3) is 0.615. The number of hydrogen-bond donors (Lipinski definition) is 1. The summed E-state index contributed by atoms with van der Waals surface area (Å²) in [5.74, 6) is 0.648. The van der Waals surface area contributed by atoms with Crippen molar-refractivity contribution >= 4 is 0 Å². The molecule has 0 unspecified atom stereocenters. The van der Waals surface area contributed by atoms with E-state index in [9.17, 15) is 0 Å². The second kappa shape index (κ2) is 6.68. The molecule has 1 aromatic rings. The van der Waals surface area contributed by atoms with Gasteiger partial charge in [-0.1, -0.05) is 6.07 Å². The van der Waals surface area contributed by atoms with Crippen LogP contribution in [0.2, 0.25) is 0 Å². The molecule has 0 saturated carbocycles. The molecular weight excluding hydrogens is 232 g/mol. The molecule has 100 valence electrons. The average Bonchev–Trinajstić information content (AvgIpc) is 2.41. The third-order valence-corrected chi connectivity index (χ3v) is 2.99. The first-order chi connectivity index (χ1) is 8.79. The van der Waals surface area contributed by atoms with Gasteiger partial charge in [0, 0.05) is 32.2 Å². The summed E-state index contributed by atoms with van der Waals surface area (Å²) in [4.78, 5) is 4.28. The summed E-state index contributed by atoms with van der Waals surface area (Å²) in [6.45, 7) is 2.02. The van der Waals surface area contributed by atoms with Crippen molar-refractivity contribution in [3.8, 4) is 5.88 Å². The van der Waals surface area contributed by atoms with Crippen LogP contribution in [0.5, 0.6) is 5.88 Å². The molecule has 1 aliphatic heterocycles. The van der Waals surface area contributed by atoms with Gasteiger partial charge in [0.2, 0.25) is 5.88 Å². The monoisotopic (exact) mass is 252 g/mol. The standard InChI is InChI=1S/C13H20N2O3/c1-16-9-12(14)10-2-3-13(15-8-10)18-11-4-6-17-7-5-11/h2-3,8,11-12H,4-7,9,14H2,1H3/t12-/m0/s1. The van der Waals surface area contributed by atoms with Crippen LogP contribution < -0.4 is 10.5 Å². The first-order valence-corrected chi connectivity index (χ1v) is 6.24. The third kappa shape index (κ3) is 3.66. The van der Waals surface area contributed by atoms with Gasteiger partial charge in [-0.05, 0) is 5.56 Å². The highest BCUT2D eigenvalue weighted by atomic mass is 16.5. The van der Waals surface area contributed by atoms with Crippen LogP contribution >= 0.6 is 0 Å². The zero-order valence-corrected chi connectivity index (χ0v) is 10.7. The van der Waals surface area contributed by atoms with Crippen molar-refractivity contribution in [2.24, 2.45) is 5.73 Å². The molecule has 0 spiro atoms. The van der Waals surface area contributed by atoms with E-state index in [-0.39, 0.29) is 12.1 Å². The Bertz CT molecular complexity index is 350.